The topological polar surface area (TPSA) is 48.8 Å². The fourth-order valence-corrected chi connectivity index (χ4v) is 0.645. The maximum absolute atomic E-state index is 3.85. The van der Waals surface area contributed by atoms with Crippen molar-refractivity contribution in [1.82, 2.24) is 10.6 Å². The molecule has 2 N–H and O–H groups in total. The molecule has 0 amide bonds. The van der Waals surface area contributed by atoms with Crippen molar-refractivity contribution in [2.45, 2.75) is 0 Å². The molecule has 0 unspecified atom stereocenters. The third-order valence-corrected chi connectivity index (χ3v) is 1.14. The van der Waals surface area contributed by atoms with Crippen molar-refractivity contribution in [3.63, 3.8) is 0 Å². The minimum atomic E-state index is 0.819. The second-order valence-electron chi connectivity index (χ2n) is 1.97. The van der Waals surface area contributed by atoms with E-state index < -0.39 is 0 Å². The third-order valence-electron chi connectivity index (χ3n) is 1.14. The molecule has 0 saturated carbocycles. The molecule has 2 aliphatic rings. The highest BCUT2D eigenvalue weighted by molar-refractivity contribution is 5.61. The van der Waals surface area contributed by atoms with Crippen molar-refractivity contribution < 1.29 is 0 Å². The van der Waals surface area contributed by atoms with Gasteiger partial charge in [0.25, 0.3) is 0 Å². The van der Waals surface area contributed by atoms with Crippen LogP contribution in [0, 0.1) is 0 Å². The molecule has 0 aromatic heterocycles. The van der Waals surface area contributed by atoms with Crippen LogP contribution >= 0.6 is 0 Å². The molecule has 10 heavy (non-hydrogen) atoms. The molecule has 0 saturated heterocycles. The van der Waals surface area contributed by atoms with Crippen molar-refractivity contribution in [3.8, 4) is 0 Å². The highest BCUT2D eigenvalue weighted by Gasteiger charge is 1.82. The van der Waals surface area contributed by atoms with E-state index in [1.165, 1.54) is 0 Å². The highest BCUT2D eigenvalue weighted by Crippen LogP contribution is 1.68. The van der Waals surface area contributed by atoms with Gasteiger partial charge in [-0.1, -0.05) is 0 Å². The molecule has 0 atom stereocenters. The summed E-state index contributed by atoms with van der Waals surface area (Å²) >= 11 is 0. The molecule has 56 valence electrons. The van der Waals surface area contributed by atoms with Crippen LogP contribution in [0.4, 0.5) is 0 Å². The summed E-state index contributed by atoms with van der Waals surface area (Å²) in [5, 5.41) is 5.93. The highest BCUT2D eigenvalue weighted by atomic mass is 15.0. The minimum Gasteiger partial charge on any atom is -0.375 e. The van der Waals surface area contributed by atoms with Crippen LogP contribution in [0.3, 0.4) is 0 Å². The lowest BCUT2D eigenvalue weighted by Gasteiger charge is -1.75. The lowest BCUT2D eigenvalue weighted by Crippen LogP contribution is -2.06. The lowest BCUT2D eigenvalue weighted by molar-refractivity contribution is 0.851. The fourth-order valence-electron chi connectivity index (χ4n) is 0.645. The van der Waals surface area contributed by atoms with E-state index in [0.29, 0.717) is 0 Å². The van der Waals surface area contributed by atoms with Gasteiger partial charge in [-0.25, -0.2) is 0 Å². The zero-order chi connectivity index (χ0) is 7.07. The molecule has 2 rings (SSSR count). The van der Waals surface area contributed by atoms with E-state index in [1.807, 2.05) is 6.21 Å². The Morgan fingerprint density at radius 3 is 2.50 bits per heavy atom. The first kappa shape index (κ1) is 7.21. The standard InChI is InChI=1S/2C3H6N2/c2*1-2-5-3-4-1/h3H,1-2H2,(H,4,5);1,5H,2-3H2. The monoisotopic (exact) mass is 140 g/mol. The number of hydrogen-bond donors (Lipinski definition) is 2. The van der Waals surface area contributed by atoms with Gasteiger partial charge in [0.1, 0.15) is 0 Å². The Morgan fingerprint density at radius 1 is 1.30 bits per heavy atom. The summed E-state index contributed by atoms with van der Waals surface area (Å²) in [4.78, 5) is 7.69. The van der Waals surface area contributed by atoms with E-state index in [2.05, 4.69) is 20.6 Å². The van der Waals surface area contributed by atoms with Crippen LogP contribution in [0.15, 0.2) is 9.98 Å². The van der Waals surface area contributed by atoms with Gasteiger partial charge in [0.05, 0.1) is 19.6 Å². The number of nitrogens with one attached hydrogen (secondary N) is 2. The molecule has 4 heteroatoms. The van der Waals surface area contributed by atoms with E-state index in [1.54, 1.807) is 6.34 Å². The minimum absolute atomic E-state index is 0.819. The first-order chi connectivity index (χ1) is 5.00. The largest absolute Gasteiger partial charge is 0.375 e. The molecule has 4 nitrogen and oxygen atoms in total. The summed E-state index contributed by atoms with van der Waals surface area (Å²) in [5.74, 6) is 0. The summed E-state index contributed by atoms with van der Waals surface area (Å²) in [6, 6.07) is 0. The van der Waals surface area contributed by atoms with Gasteiger partial charge in [-0.2, -0.15) is 0 Å². The zero-order valence-corrected chi connectivity index (χ0v) is 5.88. The summed E-state index contributed by atoms with van der Waals surface area (Å²) in [6.07, 6.45) is 3.61. The van der Waals surface area contributed by atoms with Crippen molar-refractivity contribution >= 4 is 12.6 Å². The Morgan fingerprint density at radius 2 is 2.30 bits per heavy atom. The average Bonchev–Trinajstić information content (AvgIpc) is 2.67. The maximum atomic E-state index is 3.85. The maximum Gasteiger partial charge on any atom is 0.0883 e. The molecule has 0 radical (unpaired) electrons. The first-order valence-electron chi connectivity index (χ1n) is 3.41. The van der Waals surface area contributed by atoms with Crippen LogP contribution in [0.1, 0.15) is 0 Å². The van der Waals surface area contributed by atoms with Crippen LogP contribution in [-0.4, -0.2) is 38.9 Å². The Labute approximate surface area is 60.4 Å². The normalized spacial score (nSPS) is 20.0. The van der Waals surface area contributed by atoms with Gasteiger partial charge in [0, 0.05) is 19.3 Å². The van der Waals surface area contributed by atoms with Crippen LogP contribution < -0.4 is 10.6 Å². The Kier molecular flexibility index (Phi) is 3.56. The molecule has 2 heterocycles. The van der Waals surface area contributed by atoms with Crippen LogP contribution in [0.25, 0.3) is 0 Å². The number of hydrogen-bond acceptors (Lipinski definition) is 4. The third kappa shape index (κ3) is 3.19. The Balaban J connectivity index is 0.0000001000. The first-order valence-corrected chi connectivity index (χ1v) is 3.41. The molecule has 0 aromatic rings. The van der Waals surface area contributed by atoms with Crippen molar-refractivity contribution in [3.05, 3.63) is 0 Å². The second-order valence-corrected chi connectivity index (χ2v) is 1.97. The predicted molar refractivity (Wildman–Crippen MR) is 42.7 cm³/mol. The van der Waals surface area contributed by atoms with Gasteiger partial charge in [0.15, 0.2) is 0 Å². The SMILES string of the molecule is C1=NCCN1.C1=NCNC1. The van der Waals surface area contributed by atoms with Crippen LogP contribution in [0.2, 0.25) is 0 Å². The van der Waals surface area contributed by atoms with E-state index in [0.717, 1.165) is 26.3 Å². The zero-order valence-electron chi connectivity index (χ0n) is 5.88. The summed E-state index contributed by atoms with van der Waals surface area (Å²) < 4.78 is 0. The predicted octanol–water partition coefficient (Wildman–Crippen LogP) is -0.764. The van der Waals surface area contributed by atoms with Gasteiger partial charge in [-0.15, -0.1) is 0 Å². The lowest BCUT2D eigenvalue weighted by atomic mass is 10.7. The van der Waals surface area contributed by atoms with Crippen molar-refractivity contribution in [2.75, 3.05) is 26.3 Å². The summed E-state index contributed by atoms with van der Waals surface area (Å²) in [5.41, 5.74) is 0. The number of aliphatic imine (C=N–C) groups is 2. The average molecular weight is 140 g/mol. The van der Waals surface area contributed by atoms with Gasteiger partial charge < -0.3 is 5.32 Å². The fraction of sp³-hybridized carbons (Fsp3) is 0.667. The van der Waals surface area contributed by atoms with Crippen molar-refractivity contribution in [2.24, 2.45) is 9.98 Å². The van der Waals surface area contributed by atoms with Gasteiger partial charge in [-0.3, -0.25) is 15.3 Å². The van der Waals surface area contributed by atoms with Gasteiger partial charge in [0.2, 0.25) is 0 Å². The van der Waals surface area contributed by atoms with Crippen molar-refractivity contribution in [1.29, 1.82) is 0 Å². The number of nitrogens with zero attached hydrogens (tertiary/aromatic N) is 2. The molecule has 0 fully saturated rings. The molecule has 2 aliphatic heterocycles. The van der Waals surface area contributed by atoms with Gasteiger partial charge in [-0.05, 0) is 0 Å². The molecule has 0 bridgehead atoms. The van der Waals surface area contributed by atoms with E-state index in [-0.39, 0.29) is 0 Å². The second kappa shape index (κ2) is 4.93. The van der Waals surface area contributed by atoms with E-state index in [9.17, 15) is 0 Å². The molecule has 0 aromatic carbocycles. The molecular formula is C6H12N4. The Bertz CT molecular complexity index is 102. The molecular weight excluding hydrogens is 128 g/mol. The van der Waals surface area contributed by atoms with E-state index in [4.69, 9.17) is 0 Å². The Hall–Kier alpha value is -0.900. The van der Waals surface area contributed by atoms with Crippen LogP contribution in [-0.2, 0) is 0 Å². The summed E-state index contributed by atoms with van der Waals surface area (Å²) in [7, 11) is 0. The number of rotatable bonds is 0. The smallest absolute Gasteiger partial charge is 0.0883 e. The van der Waals surface area contributed by atoms with E-state index >= 15 is 0 Å². The van der Waals surface area contributed by atoms with Crippen LogP contribution in [0.5, 0.6) is 0 Å². The molecule has 0 spiro atoms. The molecule has 0 aliphatic carbocycles. The quantitative estimate of drug-likeness (QED) is 0.464. The summed E-state index contributed by atoms with van der Waals surface area (Å²) in [6.45, 7) is 3.76. The van der Waals surface area contributed by atoms with Gasteiger partial charge >= 0.3 is 0 Å².